The Bertz CT molecular complexity index is 684. The Morgan fingerprint density at radius 2 is 1.77 bits per heavy atom. The Labute approximate surface area is 131 Å². The van der Waals surface area contributed by atoms with Crippen LogP contribution in [0, 0.1) is 5.82 Å². The van der Waals surface area contributed by atoms with Crippen LogP contribution in [-0.2, 0) is 6.61 Å². The summed E-state index contributed by atoms with van der Waals surface area (Å²) in [5.74, 6) is -4.01. The van der Waals surface area contributed by atoms with Crippen LogP contribution < -0.4 is 4.74 Å². The summed E-state index contributed by atoms with van der Waals surface area (Å²) >= 11 is 2.94. The number of rotatable bonds is 4. The fourth-order valence-electron chi connectivity index (χ4n) is 1.72. The minimum atomic E-state index is -5.15. The average molecular weight is 377 g/mol. The van der Waals surface area contributed by atoms with E-state index < -0.39 is 29.1 Å². The molecule has 0 spiro atoms. The molecule has 0 saturated carbocycles. The van der Waals surface area contributed by atoms with Crippen molar-refractivity contribution < 1.29 is 27.1 Å². The van der Waals surface area contributed by atoms with E-state index in [1.54, 1.807) is 30.3 Å². The molecule has 0 unspecified atom stereocenters. The third-order valence-corrected chi connectivity index (χ3v) is 3.20. The average Bonchev–Trinajstić information content (AvgIpc) is 2.47. The maximum absolute atomic E-state index is 14.1. The van der Waals surface area contributed by atoms with Crippen LogP contribution in [0.5, 0.6) is 5.75 Å². The number of carbonyl (C=O) groups is 1. The number of benzene rings is 2. The first-order chi connectivity index (χ1) is 10.3. The number of hydrogen-bond donors (Lipinski definition) is 0. The zero-order chi connectivity index (χ0) is 16.3. The number of halogens is 5. The van der Waals surface area contributed by atoms with E-state index in [2.05, 4.69) is 15.9 Å². The first-order valence-electron chi connectivity index (χ1n) is 6.06. The molecule has 0 aliphatic rings. The molecule has 2 nitrogen and oxygen atoms in total. The van der Waals surface area contributed by atoms with Crippen molar-refractivity contribution in [3.63, 3.8) is 0 Å². The molecule has 0 aromatic heterocycles. The van der Waals surface area contributed by atoms with Gasteiger partial charge in [-0.2, -0.15) is 13.2 Å². The number of carbonyl (C=O) groups excluding carboxylic acids is 1. The molecule has 0 heterocycles. The van der Waals surface area contributed by atoms with Gasteiger partial charge in [0.2, 0.25) is 0 Å². The summed E-state index contributed by atoms with van der Waals surface area (Å²) in [7, 11) is 0. The topological polar surface area (TPSA) is 26.3 Å². The lowest BCUT2D eigenvalue weighted by Crippen LogP contribution is -2.24. The van der Waals surface area contributed by atoms with Gasteiger partial charge in [-0.05, 0) is 17.7 Å². The van der Waals surface area contributed by atoms with Gasteiger partial charge in [0.25, 0.3) is 5.78 Å². The molecule has 0 fully saturated rings. The van der Waals surface area contributed by atoms with Crippen LogP contribution in [0.15, 0.2) is 46.9 Å². The van der Waals surface area contributed by atoms with Gasteiger partial charge in [-0.1, -0.05) is 46.3 Å². The molecule has 0 radical (unpaired) electrons. The second kappa shape index (κ2) is 6.48. The van der Waals surface area contributed by atoms with E-state index in [1.165, 1.54) is 6.07 Å². The maximum atomic E-state index is 14.1. The fourth-order valence-corrected chi connectivity index (χ4v) is 2.16. The number of Topliss-reactive ketones (excluding diaryl/α,β-unsaturated/α-hetero) is 1. The van der Waals surface area contributed by atoms with Gasteiger partial charge in [0.15, 0.2) is 11.6 Å². The summed E-state index contributed by atoms with van der Waals surface area (Å²) in [4.78, 5) is 11.2. The number of ketones is 1. The van der Waals surface area contributed by atoms with E-state index in [4.69, 9.17) is 4.74 Å². The Hall–Kier alpha value is -1.89. The first kappa shape index (κ1) is 16.5. The molecular weight excluding hydrogens is 368 g/mol. The van der Waals surface area contributed by atoms with Crippen LogP contribution in [0.4, 0.5) is 17.6 Å². The van der Waals surface area contributed by atoms with Crippen molar-refractivity contribution in [3.8, 4) is 5.75 Å². The predicted molar refractivity (Wildman–Crippen MR) is 75.3 cm³/mol. The Balaban J connectivity index is 2.29. The SMILES string of the molecule is O=C(c1cc(Br)cc(OCc2ccccc2)c1F)C(F)(F)F. The van der Waals surface area contributed by atoms with Crippen molar-refractivity contribution in [1.82, 2.24) is 0 Å². The van der Waals surface area contributed by atoms with Crippen LogP contribution in [0.25, 0.3) is 0 Å². The van der Waals surface area contributed by atoms with E-state index in [0.29, 0.717) is 5.56 Å². The molecule has 7 heteroatoms. The van der Waals surface area contributed by atoms with Crippen LogP contribution in [0.3, 0.4) is 0 Å². The minimum absolute atomic E-state index is 0.0339. The number of hydrogen-bond acceptors (Lipinski definition) is 2. The fraction of sp³-hybridized carbons (Fsp3) is 0.133. The van der Waals surface area contributed by atoms with Crippen LogP contribution in [0.2, 0.25) is 0 Å². The number of alkyl halides is 3. The molecule has 0 N–H and O–H groups in total. The lowest BCUT2D eigenvalue weighted by molar-refractivity contribution is -0.0887. The highest BCUT2D eigenvalue weighted by atomic mass is 79.9. The molecule has 2 aromatic rings. The van der Waals surface area contributed by atoms with Crippen molar-refractivity contribution in [2.24, 2.45) is 0 Å². The Morgan fingerprint density at radius 1 is 1.14 bits per heavy atom. The lowest BCUT2D eigenvalue weighted by Gasteiger charge is -2.12. The van der Waals surface area contributed by atoms with Gasteiger partial charge in [0.05, 0.1) is 5.56 Å². The van der Waals surface area contributed by atoms with Gasteiger partial charge in [0, 0.05) is 4.47 Å². The smallest absolute Gasteiger partial charge is 0.454 e. The zero-order valence-corrected chi connectivity index (χ0v) is 12.5. The molecule has 0 bridgehead atoms. The van der Waals surface area contributed by atoms with Gasteiger partial charge in [-0.25, -0.2) is 4.39 Å². The highest BCUT2D eigenvalue weighted by Crippen LogP contribution is 2.31. The highest BCUT2D eigenvalue weighted by Gasteiger charge is 2.41. The van der Waals surface area contributed by atoms with Gasteiger partial charge >= 0.3 is 6.18 Å². The van der Waals surface area contributed by atoms with Crippen molar-refractivity contribution in [3.05, 3.63) is 63.9 Å². The molecule has 0 amide bonds. The van der Waals surface area contributed by atoms with E-state index in [0.717, 1.165) is 6.07 Å². The molecule has 116 valence electrons. The minimum Gasteiger partial charge on any atom is -0.486 e. The summed E-state index contributed by atoms with van der Waals surface area (Å²) in [5.41, 5.74) is -0.365. The molecule has 22 heavy (non-hydrogen) atoms. The highest BCUT2D eigenvalue weighted by molar-refractivity contribution is 9.10. The molecule has 2 rings (SSSR count). The summed E-state index contributed by atoms with van der Waals surface area (Å²) in [6.45, 7) is -0.0339. The third kappa shape index (κ3) is 3.85. The summed E-state index contributed by atoms with van der Waals surface area (Å²) in [6, 6.07) is 10.7. The standard InChI is InChI=1S/C15H9BrF4O2/c16-10-6-11(14(21)15(18,19)20)13(17)12(7-10)22-8-9-4-2-1-3-5-9/h1-7H,8H2. The van der Waals surface area contributed by atoms with Crippen LogP contribution in [-0.4, -0.2) is 12.0 Å². The summed E-state index contributed by atoms with van der Waals surface area (Å²) < 4.78 is 56.7. The largest absolute Gasteiger partial charge is 0.486 e. The zero-order valence-electron chi connectivity index (χ0n) is 11.0. The number of ether oxygens (including phenoxy) is 1. The molecule has 0 atom stereocenters. The molecule has 0 aliphatic heterocycles. The van der Waals surface area contributed by atoms with Gasteiger partial charge < -0.3 is 4.74 Å². The summed E-state index contributed by atoms with van der Waals surface area (Å²) in [6.07, 6.45) is -5.15. The van der Waals surface area contributed by atoms with Crippen molar-refractivity contribution in [2.75, 3.05) is 0 Å². The quantitative estimate of drug-likeness (QED) is 0.559. The van der Waals surface area contributed by atoms with Gasteiger partial charge in [0.1, 0.15) is 6.61 Å². The Morgan fingerprint density at radius 3 is 2.36 bits per heavy atom. The second-order valence-electron chi connectivity index (χ2n) is 4.37. The van der Waals surface area contributed by atoms with E-state index in [9.17, 15) is 22.4 Å². The second-order valence-corrected chi connectivity index (χ2v) is 5.28. The van der Waals surface area contributed by atoms with Gasteiger partial charge in [-0.3, -0.25) is 4.79 Å². The first-order valence-corrected chi connectivity index (χ1v) is 6.85. The normalized spacial score (nSPS) is 11.3. The predicted octanol–water partition coefficient (Wildman–Crippen LogP) is 4.91. The molecule has 2 aromatic carbocycles. The van der Waals surface area contributed by atoms with E-state index in [1.807, 2.05) is 0 Å². The van der Waals surface area contributed by atoms with E-state index >= 15 is 0 Å². The molecule has 0 aliphatic carbocycles. The molecular formula is C15H9BrF4O2. The van der Waals surface area contributed by atoms with Crippen LogP contribution >= 0.6 is 15.9 Å². The Kier molecular flexibility index (Phi) is 4.85. The maximum Gasteiger partial charge on any atom is 0.454 e. The lowest BCUT2D eigenvalue weighted by atomic mass is 10.1. The van der Waals surface area contributed by atoms with Gasteiger partial charge in [-0.15, -0.1) is 0 Å². The van der Waals surface area contributed by atoms with Crippen molar-refractivity contribution in [1.29, 1.82) is 0 Å². The third-order valence-electron chi connectivity index (χ3n) is 2.74. The monoisotopic (exact) mass is 376 g/mol. The van der Waals surface area contributed by atoms with Crippen molar-refractivity contribution in [2.45, 2.75) is 12.8 Å². The van der Waals surface area contributed by atoms with Crippen molar-refractivity contribution >= 4 is 21.7 Å². The summed E-state index contributed by atoms with van der Waals surface area (Å²) in [5, 5.41) is 0. The van der Waals surface area contributed by atoms with E-state index in [-0.39, 0.29) is 11.1 Å². The molecule has 0 saturated heterocycles. The van der Waals surface area contributed by atoms with Crippen LogP contribution in [0.1, 0.15) is 15.9 Å².